The summed E-state index contributed by atoms with van der Waals surface area (Å²) in [6.07, 6.45) is 0. The fourth-order valence-electron chi connectivity index (χ4n) is 1.77. The molecule has 0 radical (unpaired) electrons. The van der Waals surface area contributed by atoms with Gasteiger partial charge in [-0.1, -0.05) is 11.6 Å². The molecule has 2 amide bonds. The highest BCUT2D eigenvalue weighted by Crippen LogP contribution is 2.23. The van der Waals surface area contributed by atoms with Crippen LogP contribution in [0.15, 0.2) is 36.4 Å². The summed E-state index contributed by atoms with van der Waals surface area (Å²) < 4.78 is 4.91. The number of benzene rings is 2. The first-order valence-corrected chi connectivity index (χ1v) is 6.76. The molecule has 0 aliphatic heterocycles. The number of hydrogen-bond donors (Lipinski definition) is 4. The SMILES string of the molecule is COc1ccc(C(=O)NNC(=O)c2cc(Cl)ccc2O)c(O)c1. The first-order chi connectivity index (χ1) is 10.9. The number of phenolic OH excluding ortho intramolecular Hbond substituents is 2. The Morgan fingerprint density at radius 1 is 0.957 bits per heavy atom. The number of ether oxygens (including phenoxy) is 1. The zero-order valence-electron chi connectivity index (χ0n) is 12.0. The van der Waals surface area contributed by atoms with E-state index < -0.39 is 11.8 Å². The van der Waals surface area contributed by atoms with Crippen molar-refractivity contribution >= 4 is 23.4 Å². The van der Waals surface area contributed by atoms with Crippen molar-refractivity contribution in [2.45, 2.75) is 0 Å². The molecule has 2 aromatic rings. The molecule has 0 saturated carbocycles. The number of phenols is 2. The molecular weight excluding hydrogens is 324 g/mol. The number of aromatic hydroxyl groups is 2. The molecule has 0 bridgehead atoms. The lowest BCUT2D eigenvalue weighted by Crippen LogP contribution is -2.41. The number of rotatable bonds is 3. The Balaban J connectivity index is 2.07. The number of halogens is 1. The van der Waals surface area contributed by atoms with Crippen LogP contribution in [-0.4, -0.2) is 29.1 Å². The number of hydrogen-bond acceptors (Lipinski definition) is 5. The molecule has 0 aliphatic carbocycles. The third-order valence-corrected chi connectivity index (χ3v) is 3.18. The summed E-state index contributed by atoms with van der Waals surface area (Å²) in [4.78, 5) is 23.8. The molecule has 2 aromatic carbocycles. The number of methoxy groups -OCH3 is 1. The van der Waals surface area contributed by atoms with Crippen LogP contribution >= 0.6 is 11.6 Å². The molecule has 23 heavy (non-hydrogen) atoms. The molecule has 7 nitrogen and oxygen atoms in total. The second-order valence-corrected chi connectivity index (χ2v) is 4.89. The molecule has 0 aliphatic rings. The van der Waals surface area contributed by atoms with Crippen molar-refractivity contribution in [3.8, 4) is 17.2 Å². The van der Waals surface area contributed by atoms with E-state index in [4.69, 9.17) is 16.3 Å². The zero-order chi connectivity index (χ0) is 17.0. The van der Waals surface area contributed by atoms with E-state index >= 15 is 0 Å². The summed E-state index contributed by atoms with van der Waals surface area (Å²) >= 11 is 5.75. The van der Waals surface area contributed by atoms with E-state index in [0.29, 0.717) is 5.75 Å². The van der Waals surface area contributed by atoms with Crippen LogP contribution in [0.4, 0.5) is 0 Å². The first kappa shape index (κ1) is 16.4. The molecule has 2 rings (SSSR count). The van der Waals surface area contributed by atoms with Crippen molar-refractivity contribution < 1.29 is 24.5 Å². The van der Waals surface area contributed by atoms with Gasteiger partial charge in [-0.2, -0.15) is 0 Å². The topological polar surface area (TPSA) is 108 Å². The molecule has 0 unspecified atom stereocenters. The highest BCUT2D eigenvalue weighted by atomic mass is 35.5. The molecule has 8 heteroatoms. The fourth-order valence-corrected chi connectivity index (χ4v) is 1.94. The third-order valence-electron chi connectivity index (χ3n) is 2.94. The minimum Gasteiger partial charge on any atom is -0.507 e. The fraction of sp³-hybridized carbons (Fsp3) is 0.0667. The van der Waals surface area contributed by atoms with Gasteiger partial charge in [0.2, 0.25) is 0 Å². The molecule has 0 spiro atoms. The van der Waals surface area contributed by atoms with Crippen molar-refractivity contribution in [3.05, 3.63) is 52.5 Å². The van der Waals surface area contributed by atoms with Gasteiger partial charge >= 0.3 is 0 Å². The van der Waals surface area contributed by atoms with E-state index in [0.717, 1.165) is 0 Å². The maximum Gasteiger partial charge on any atom is 0.273 e. The molecule has 0 heterocycles. The molecule has 0 aromatic heterocycles. The standard InChI is InChI=1S/C15H13ClN2O5/c1-23-9-3-4-10(13(20)7-9)14(21)17-18-15(22)11-6-8(16)2-5-12(11)19/h2-7,19-20H,1H3,(H,17,21)(H,18,22). The van der Waals surface area contributed by atoms with Gasteiger partial charge < -0.3 is 14.9 Å². The Labute approximate surface area is 136 Å². The van der Waals surface area contributed by atoms with E-state index in [1.54, 1.807) is 0 Å². The maximum atomic E-state index is 11.9. The lowest BCUT2D eigenvalue weighted by molar-refractivity contribution is 0.0843. The summed E-state index contributed by atoms with van der Waals surface area (Å²) in [6, 6.07) is 8.02. The van der Waals surface area contributed by atoms with E-state index in [1.807, 2.05) is 0 Å². The monoisotopic (exact) mass is 336 g/mol. The van der Waals surface area contributed by atoms with Gasteiger partial charge in [-0.3, -0.25) is 20.4 Å². The zero-order valence-corrected chi connectivity index (χ0v) is 12.7. The van der Waals surface area contributed by atoms with Crippen LogP contribution in [0.5, 0.6) is 17.2 Å². The third kappa shape index (κ3) is 3.83. The van der Waals surface area contributed by atoms with Gasteiger partial charge in [0.1, 0.15) is 17.2 Å². The van der Waals surface area contributed by atoms with Crippen molar-refractivity contribution in [1.29, 1.82) is 0 Å². The number of amides is 2. The molecule has 0 atom stereocenters. The largest absolute Gasteiger partial charge is 0.507 e. The van der Waals surface area contributed by atoms with Gasteiger partial charge in [-0.15, -0.1) is 0 Å². The van der Waals surface area contributed by atoms with E-state index in [9.17, 15) is 19.8 Å². The van der Waals surface area contributed by atoms with Gasteiger partial charge in [0.15, 0.2) is 0 Å². The van der Waals surface area contributed by atoms with Crippen LogP contribution in [0.2, 0.25) is 5.02 Å². The van der Waals surface area contributed by atoms with Crippen molar-refractivity contribution in [3.63, 3.8) is 0 Å². The lowest BCUT2D eigenvalue weighted by atomic mass is 10.2. The van der Waals surface area contributed by atoms with Crippen LogP contribution in [0.25, 0.3) is 0 Å². The Bertz CT molecular complexity index is 764. The van der Waals surface area contributed by atoms with Gasteiger partial charge in [0, 0.05) is 11.1 Å². The Morgan fingerprint density at radius 3 is 2.22 bits per heavy atom. The average molecular weight is 337 g/mol. The summed E-state index contributed by atoms with van der Waals surface area (Å²) in [6.45, 7) is 0. The van der Waals surface area contributed by atoms with Gasteiger partial charge in [-0.25, -0.2) is 0 Å². The van der Waals surface area contributed by atoms with Crippen LogP contribution in [0.1, 0.15) is 20.7 Å². The second-order valence-electron chi connectivity index (χ2n) is 4.45. The summed E-state index contributed by atoms with van der Waals surface area (Å²) in [5.74, 6) is -1.70. The van der Waals surface area contributed by atoms with Crippen LogP contribution in [-0.2, 0) is 0 Å². The van der Waals surface area contributed by atoms with Crippen LogP contribution in [0.3, 0.4) is 0 Å². The van der Waals surface area contributed by atoms with Gasteiger partial charge in [0.25, 0.3) is 11.8 Å². The highest BCUT2D eigenvalue weighted by Gasteiger charge is 2.15. The normalized spacial score (nSPS) is 10.0. The average Bonchev–Trinajstić information content (AvgIpc) is 2.54. The maximum absolute atomic E-state index is 11.9. The molecule has 120 valence electrons. The number of carbonyl (C=O) groups excluding carboxylic acids is 2. The van der Waals surface area contributed by atoms with Gasteiger partial charge in [-0.05, 0) is 30.3 Å². The van der Waals surface area contributed by atoms with Crippen LogP contribution < -0.4 is 15.6 Å². The first-order valence-electron chi connectivity index (χ1n) is 6.38. The molecule has 4 N–H and O–H groups in total. The summed E-state index contributed by atoms with van der Waals surface area (Å²) in [5, 5.41) is 19.6. The lowest BCUT2D eigenvalue weighted by Gasteiger charge is -2.10. The summed E-state index contributed by atoms with van der Waals surface area (Å²) in [7, 11) is 1.42. The van der Waals surface area contributed by atoms with E-state index in [2.05, 4.69) is 10.9 Å². The number of carbonyl (C=O) groups is 2. The van der Waals surface area contributed by atoms with Crippen molar-refractivity contribution in [2.24, 2.45) is 0 Å². The Morgan fingerprint density at radius 2 is 1.61 bits per heavy atom. The smallest absolute Gasteiger partial charge is 0.273 e. The minimum absolute atomic E-state index is 0.0542. The Hall–Kier alpha value is -2.93. The molecular formula is C15H13ClN2O5. The van der Waals surface area contributed by atoms with Crippen molar-refractivity contribution in [1.82, 2.24) is 10.9 Å². The highest BCUT2D eigenvalue weighted by molar-refractivity contribution is 6.31. The predicted molar refractivity (Wildman–Crippen MR) is 82.7 cm³/mol. The van der Waals surface area contributed by atoms with Gasteiger partial charge in [0.05, 0.1) is 18.2 Å². The van der Waals surface area contributed by atoms with Crippen LogP contribution in [0, 0.1) is 0 Å². The number of nitrogens with one attached hydrogen (secondary N) is 2. The van der Waals surface area contributed by atoms with E-state index in [-0.39, 0.29) is 27.6 Å². The Kier molecular flexibility index (Phi) is 4.92. The minimum atomic E-state index is -0.758. The van der Waals surface area contributed by atoms with E-state index in [1.165, 1.54) is 43.5 Å². The predicted octanol–water partition coefficient (Wildman–Crippen LogP) is 1.83. The molecule has 0 fully saturated rings. The summed E-state index contributed by atoms with van der Waals surface area (Å²) in [5.41, 5.74) is 4.10. The van der Waals surface area contributed by atoms with Crippen molar-refractivity contribution in [2.75, 3.05) is 7.11 Å². The number of hydrazine groups is 1. The second kappa shape index (κ2) is 6.89. The quantitative estimate of drug-likeness (QED) is 0.640. The molecule has 0 saturated heterocycles.